The number of amides is 1. The van der Waals surface area contributed by atoms with Crippen LogP contribution < -0.4 is 5.73 Å². The molecule has 0 radical (unpaired) electrons. The molecule has 4 heteroatoms. The number of aromatic hydroxyl groups is 1. The van der Waals surface area contributed by atoms with E-state index >= 15 is 0 Å². The van der Waals surface area contributed by atoms with Crippen LogP contribution in [-0.4, -0.2) is 11.0 Å². The lowest BCUT2D eigenvalue weighted by Gasteiger charge is -2.13. The van der Waals surface area contributed by atoms with Crippen LogP contribution in [0.25, 0.3) is 22.3 Å². The predicted octanol–water partition coefficient (Wildman–Crippen LogP) is 4.28. The minimum Gasteiger partial charge on any atom is -0.508 e. The molecule has 0 atom stereocenters. The topological polar surface area (TPSA) is 63.3 Å². The Kier molecular flexibility index (Phi) is 4.80. The van der Waals surface area contributed by atoms with Gasteiger partial charge in [0.25, 0.3) is 0 Å². The molecule has 0 saturated heterocycles. The van der Waals surface area contributed by atoms with Crippen molar-refractivity contribution in [2.75, 3.05) is 0 Å². The Bertz CT molecular complexity index is 907. The molecule has 0 fully saturated rings. The highest BCUT2D eigenvalue weighted by Gasteiger charge is 2.13. The number of aryl methyl sites for hydroxylation is 1. The van der Waals surface area contributed by atoms with Crippen molar-refractivity contribution in [1.29, 1.82) is 0 Å². The fraction of sp³-hybridized carbons (Fsp3) is 0.0952. The number of hydrogen-bond donors (Lipinski definition) is 2. The van der Waals surface area contributed by atoms with Crippen LogP contribution in [0.15, 0.2) is 66.7 Å². The molecule has 0 bridgehead atoms. The maximum atomic E-state index is 14.3. The Labute approximate surface area is 145 Å². The van der Waals surface area contributed by atoms with E-state index in [-0.39, 0.29) is 12.2 Å². The van der Waals surface area contributed by atoms with E-state index in [0.717, 1.165) is 16.7 Å². The number of nitrogens with two attached hydrogens (primary N) is 1. The van der Waals surface area contributed by atoms with Crippen LogP contribution in [0.1, 0.15) is 12.0 Å². The largest absolute Gasteiger partial charge is 0.508 e. The van der Waals surface area contributed by atoms with Gasteiger partial charge in [-0.1, -0.05) is 48.5 Å². The Morgan fingerprint density at radius 2 is 1.68 bits per heavy atom. The third-order valence-corrected chi connectivity index (χ3v) is 4.09. The summed E-state index contributed by atoms with van der Waals surface area (Å²) in [5.74, 6) is -0.845. The molecule has 0 saturated carbocycles. The number of phenols is 1. The first-order chi connectivity index (χ1) is 12.0. The molecule has 0 unspecified atom stereocenters. The van der Waals surface area contributed by atoms with Gasteiger partial charge in [0, 0.05) is 12.0 Å². The van der Waals surface area contributed by atoms with Crippen molar-refractivity contribution in [3.05, 3.63) is 78.1 Å². The van der Waals surface area contributed by atoms with Crippen molar-refractivity contribution in [3.8, 4) is 28.0 Å². The van der Waals surface area contributed by atoms with E-state index < -0.39 is 11.7 Å². The Morgan fingerprint density at radius 3 is 2.40 bits per heavy atom. The molecule has 126 valence electrons. The van der Waals surface area contributed by atoms with Crippen LogP contribution in [0.4, 0.5) is 4.39 Å². The zero-order valence-corrected chi connectivity index (χ0v) is 13.6. The highest BCUT2D eigenvalue weighted by atomic mass is 19.1. The number of hydrogen-bond acceptors (Lipinski definition) is 2. The highest BCUT2D eigenvalue weighted by Crippen LogP contribution is 2.33. The van der Waals surface area contributed by atoms with Crippen LogP contribution in [0.5, 0.6) is 5.75 Å². The molecule has 0 heterocycles. The molecule has 3 rings (SSSR count). The second kappa shape index (κ2) is 7.18. The van der Waals surface area contributed by atoms with Gasteiger partial charge in [0.2, 0.25) is 5.91 Å². The first kappa shape index (κ1) is 16.7. The van der Waals surface area contributed by atoms with Crippen LogP contribution in [0, 0.1) is 5.82 Å². The van der Waals surface area contributed by atoms with E-state index in [9.17, 15) is 14.3 Å². The normalized spacial score (nSPS) is 10.6. The smallest absolute Gasteiger partial charge is 0.217 e. The lowest BCUT2D eigenvalue weighted by molar-refractivity contribution is -0.117. The molecular formula is C21H18FNO2. The summed E-state index contributed by atoms with van der Waals surface area (Å²) in [5, 5.41) is 9.70. The standard InChI is InChI=1S/C21H18FNO2/c22-20-10-8-17(24)13-19(20)18-9-6-15(14-4-2-1-3-5-14)12-16(18)7-11-21(23)25/h1-6,8-10,12-13,24H,7,11H2,(H2,23,25). The lowest BCUT2D eigenvalue weighted by Crippen LogP contribution is -2.11. The van der Waals surface area contributed by atoms with Gasteiger partial charge in [-0.3, -0.25) is 4.79 Å². The zero-order valence-electron chi connectivity index (χ0n) is 13.6. The van der Waals surface area contributed by atoms with Crippen LogP contribution >= 0.6 is 0 Å². The molecule has 0 aromatic heterocycles. The second-order valence-electron chi connectivity index (χ2n) is 5.87. The van der Waals surface area contributed by atoms with Crippen molar-refractivity contribution in [2.24, 2.45) is 5.73 Å². The molecule has 0 aliphatic rings. The quantitative estimate of drug-likeness (QED) is 0.731. The van der Waals surface area contributed by atoms with E-state index in [1.807, 2.05) is 48.5 Å². The monoisotopic (exact) mass is 335 g/mol. The number of halogens is 1. The molecule has 3 N–H and O–H groups in total. The van der Waals surface area contributed by atoms with Gasteiger partial charge in [-0.05, 0) is 46.9 Å². The van der Waals surface area contributed by atoms with E-state index in [1.54, 1.807) is 0 Å². The zero-order chi connectivity index (χ0) is 17.8. The first-order valence-corrected chi connectivity index (χ1v) is 8.00. The average molecular weight is 335 g/mol. The van der Waals surface area contributed by atoms with Crippen molar-refractivity contribution in [2.45, 2.75) is 12.8 Å². The summed E-state index contributed by atoms with van der Waals surface area (Å²) in [6, 6.07) is 19.4. The number of carbonyl (C=O) groups excluding carboxylic acids is 1. The summed E-state index contributed by atoms with van der Waals surface area (Å²) in [7, 11) is 0. The fourth-order valence-electron chi connectivity index (χ4n) is 2.85. The molecule has 3 aromatic carbocycles. The van der Waals surface area contributed by atoms with Crippen LogP contribution in [0.2, 0.25) is 0 Å². The van der Waals surface area contributed by atoms with Crippen molar-refractivity contribution >= 4 is 5.91 Å². The number of benzene rings is 3. The van der Waals surface area contributed by atoms with Crippen molar-refractivity contribution < 1.29 is 14.3 Å². The summed E-state index contributed by atoms with van der Waals surface area (Å²) in [6.07, 6.45) is 0.576. The summed E-state index contributed by atoms with van der Waals surface area (Å²) in [4.78, 5) is 11.2. The second-order valence-corrected chi connectivity index (χ2v) is 5.87. The first-order valence-electron chi connectivity index (χ1n) is 8.00. The Balaban J connectivity index is 2.11. The van der Waals surface area contributed by atoms with Crippen molar-refractivity contribution in [3.63, 3.8) is 0 Å². The highest BCUT2D eigenvalue weighted by molar-refractivity contribution is 5.77. The van der Waals surface area contributed by atoms with E-state index in [2.05, 4.69) is 0 Å². The number of carbonyl (C=O) groups is 1. The molecule has 1 amide bonds. The summed E-state index contributed by atoms with van der Waals surface area (Å²) in [5.41, 5.74) is 9.05. The molecule has 0 aliphatic heterocycles. The van der Waals surface area contributed by atoms with Crippen molar-refractivity contribution in [1.82, 2.24) is 0 Å². The molecular weight excluding hydrogens is 317 g/mol. The Hall–Kier alpha value is -3.14. The van der Waals surface area contributed by atoms with Gasteiger partial charge < -0.3 is 10.8 Å². The molecule has 3 nitrogen and oxygen atoms in total. The third kappa shape index (κ3) is 3.86. The van der Waals surface area contributed by atoms with Crippen LogP contribution in [0.3, 0.4) is 0 Å². The molecule has 0 spiro atoms. The minimum atomic E-state index is -0.425. The molecule has 3 aromatic rings. The van der Waals surface area contributed by atoms with Gasteiger partial charge >= 0.3 is 0 Å². The van der Waals surface area contributed by atoms with E-state index in [4.69, 9.17) is 5.73 Å². The van der Waals surface area contributed by atoms with Gasteiger partial charge in [0.1, 0.15) is 11.6 Å². The number of phenolic OH excluding ortho intramolecular Hbond substituents is 1. The number of rotatable bonds is 5. The molecule has 0 aliphatic carbocycles. The van der Waals surface area contributed by atoms with Gasteiger partial charge in [-0.2, -0.15) is 0 Å². The lowest BCUT2D eigenvalue weighted by atomic mass is 9.92. The van der Waals surface area contributed by atoms with E-state index in [1.165, 1.54) is 18.2 Å². The Morgan fingerprint density at radius 1 is 0.920 bits per heavy atom. The van der Waals surface area contributed by atoms with Gasteiger partial charge in [0.15, 0.2) is 0 Å². The van der Waals surface area contributed by atoms with E-state index in [0.29, 0.717) is 17.5 Å². The van der Waals surface area contributed by atoms with Gasteiger partial charge in [-0.25, -0.2) is 4.39 Å². The minimum absolute atomic E-state index is 0.00983. The third-order valence-electron chi connectivity index (χ3n) is 4.09. The summed E-state index contributed by atoms with van der Waals surface area (Å²) >= 11 is 0. The maximum absolute atomic E-state index is 14.3. The summed E-state index contributed by atoms with van der Waals surface area (Å²) < 4.78 is 14.3. The average Bonchev–Trinajstić information content (AvgIpc) is 2.62. The predicted molar refractivity (Wildman–Crippen MR) is 96.5 cm³/mol. The molecule has 25 heavy (non-hydrogen) atoms. The maximum Gasteiger partial charge on any atom is 0.217 e. The number of primary amides is 1. The SMILES string of the molecule is NC(=O)CCc1cc(-c2ccccc2)ccc1-c1cc(O)ccc1F. The fourth-order valence-corrected chi connectivity index (χ4v) is 2.85. The van der Waals surface area contributed by atoms with Crippen LogP contribution in [-0.2, 0) is 11.2 Å². The summed E-state index contributed by atoms with van der Waals surface area (Å²) in [6.45, 7) is 0. The van der Waals surface area contributed by atoms with Gasteiger partial charge in [-0.15, -0.1) is 0 Å². The van der Waals surface area contributed by atoms with Gasteiger partial charge in [0.05, 0.1) is 0 Å².